The summed E-state index contributed by atoms with van der Waals surface area (Å²) in [4.78, 5) is 12.3. The van der Waals surface area contributed by atoms with Gasteiger partial charge in [-0.3, -0.25) is 4.79 Å². The Bertz CT molecular complexity index is 863. The number of sulfonamides is 1. The maximum Gasteiger partial charge on any atom is 0.240 e. The molecule has 5 nitrogen and oxygen atoms in total. The third-order valence-corrected chi connectivity index (χ3v) is 5.69. The minimum Gasteiger partial charge on any atom is -0.350 e. The predicted molar refractivity (Wildman–Crippen MR) is 103 cm³/mol. The van der Waals surface area contributed by atoms with Crippen molar-refractivity contribution in [3.63, 3.8) is 0 Å². The Kier molecular flexibility index (Phi) is 7.10. The molecular formula is C20H25FN2O3S. The molecule has 0 radical (unpaired) electrons. The summed E-state index contributed by atoms with van der Waals surface area (Å²) in [5.41, 5.74) is 1.71. The van der Waals surface area contributed by atoms with Crippen LogP contribution < -0.4 is 10.0 Å². The Labute approximate surface area is 160 Å². The topological polar surface area (TPSA) is 75.3 Å². The van der Waals surface area contributed by atoms with Crippen molar-refractivity contribution in [3.05, 3.63) is 65.5 Å². The van der Waals surface area contributed by atoms with Gasteiger partial charge in [0.2, 0.25) is 15.9 Å². The molecule has 2 aromatic rings. The van der Waals surface area contributed by atoms with Crippen LogP contribution in [-0.4, -0.2) is 20.4 Å². The minimum atomic E-state index is -3.51. The lowest BCUT2D eigenvalue weighted by Gasteiger charge is -2.14. The molecule has 0 aliphatic heterocycles. The number of benzene rings is 2. The van der Waals surface area contributed by atoms with Crippen molar-refractivity contribution in [2.24, 2.45) is 0 Å². The van der Waals surface area contributed by atoms with Gasteiger partial charge in [-0.05, 0) is 62.6 Å². The third kappa shape index (κ3) is 6.45. The molecule has 0 fully saturated rings. The van der Waals surface area contributed by atoms with Crippen LogP contribution in [0.1, 0.15) is 44.4 Å². The van der Waals surface area contributed by atoms with E-state index in [1.165, 1.54) is 12.1 Å². The molecule has 1 amide bonds. The number of rotatable bonds is 8. The number of carbonyl (C=O) groups excluding carboxylic acids is 1. The number of aryl methyl sites for hydroxylation is 1. The van der Waals surface area contributed by atoms with E-state index in [9.17, 15) is 17.6 Å². The Morgan fingerprint density at radius 2 is 1.59 bits per heavy atom. The SMILES string of the molecule is CC(C)NS(=O)(=O)c1ccc(CCC(=O)N[C@@H](C)c2ccc(F)cc2)cc1. The van der Waals surface area contributed by atoms with Gasteiger partial charge >= 0.3 is 0 Å². The highest BCUT2D eigenvalue weighted by molar-refractivity contribution is 7.89. The van der Waals surface area contributed by atoms with E-state index in [1.807, 2.05) is 6.92 Å². The Hall–Kier alpha value is -2.25. The average molecular weight is 392 g/mol. The van der Waals surface area contributed by atoms with Crippen LogP contribution in [0, 0.1) is 5.82 Å². The molecule has 146 valence electrons. The van der Waals surface area contributed by atoms with Crippen molar-refractivity contribution in [1.82, 2.24) is 10.0 Å². The van der Waals surface area contributed by atoms with Crippen LogP contribution in [0.3, 0.4) is 0 Å². The summed E-state index contributed by atoms with van der Waals surface area (Å²) in [6.07, 6.45) is 0.780. The lowest BCUT2D eigenvalue weighted by molar-refractivity contribution is -0.121. The Morgan fingerprint density at radius 3 is 2.15 bits per heavy atom. The Morgan fingerprint density at radius 1 is 1.00 bits per heavy atom. The van der Waals surface area contributed by atoms with Gasteiger partial charge in [0.25, 0.3) is 0 Å². The highest BCUT2D eigenvalue weighted by atomic mass is 32.2. The van der Waals surface area contributed by atoms with Crippen LogP contribution in [0.25, 0.3) is 0 Å². The van der Waals surface area contributed by atoms with Crippen LogP contribution in [0.4, 0.5) is 4.39 Å². The quantitative estimate of drug-likeness (QED) is 0.724. The average Bonchev–Trinajstić information content (AvgIpc) is 2.60. The molecule has 1 atom stereocenters. The minimum absolute atomic E-state index is 0.120. The zero-order chi connectivity index (χ0) is 20.0. The molecule has 0 unspecified atom stereocenters. The molecule has 2 aromatic carbocycles. The van der Waals surface area contributed by atoms with Gasteiger partial charge in [0.15, 0.2) is 0 Å². The van der Waals surface area contributed by atoms with Gasteiger partial charge in [0.1, 0.15) is 5.82 Å². The van der Waals surface area contributed by atoms with Gasteiger partial charge in [-0.2, -0.15) is 0 Å². The molecule has 2 N–H and O–H groups in total. The lowest BCUT2D eigenvalue weighted by Crippen LogP contribution is -2.30. The van der Waals surface area contributed by atoms with Gasteiger partial charge in [0, 0.05) is 12.5 Å². The molecule has 0 saturated heterocycles. The van der Waals surface area contributed by atoms with Crippen molar-refractivity contribution in [1.29, 1.82) is 0 Å². The maximum atomic E-state index is 13.0. The van der Waals surface area contributed by atoms with Gasteiger partial charge in [0.05, 0.1) is 10.9 Å². The lowest BCUT2D eigenvalue weighted by atomic mass is 10.1. The van der Waals surface area contributed by atoms with E-state index in [-0.39, 0.29) is 35.1 Å². The molecule has 2 rings (SSSR count). The standard InChI is InChI=1S/C20H25FN2O3S/c1-14(2)23-27(25,26)19-11-4-16(5-12-19)6-13-20(24)22-15(3)17-7-9-18(21)10-8-17/h4-5,7-12,14-15,23H,6,13H2,1-3H3,(H,22,24)/t15-/m0/s1. The van der Waals surface area contributed by atoms with E-state index >= 15 is 0 Å². The fourth-order valence-electron chi connectivity index (χ4n) is 2.62. The molecule has 0 aromatic heterocycles. The first kappa shape index (κ1) is 21.1. The molecule has 0 spiro atoms. The summed E-state index contributed by atoms with van der Waals surface area (Å²) in [6, 6.07) is 12.1. The van der Waals surface area contributed by atoms with Crippen LogP contribution >= 0.6 is 0 Å². The summed E-state index contributed by atoms with van der Waals surface area (Å²) < 4.78 is 39.7. The second-order valence-corrected chi connectivity index (χ2v) is 8.47. The molecule has 0 heterocycles. The second-order valence-electron chi connectivity index (χ2n) is 6.76. The van der Waals surface area contributed by atoms with E-state index in [0.717, 1.165) is 11.1 Å². The largest absolute Gasteiger partial charge is 0.350 e. The number of nitrogens with one attached hydrogen (secondary N) is 2. The van der Waals surface area contributed by atoms with Crippen LogP contribution in [-0.2, 0) is 21.2 Å². The van der Waals surface area contributed by atoms with Crippen LogP contribution in [0.15, 0.2) is 53.4 Å². The van der Waals surface area contributed by atoms with E-state index < -0.39 is 10.0 Å². The molecular weight excluding hydrogens is 367 g/mol. The predicted octanol–water partition coefficient (Wildman–Crippen LogP) is 3.32. The van der Waals surface area contributed by atoms with Gasteiger partial charge in [-0.15, -0.1) is 0 Å². The summed E-state index contributed by atoms with van der Waals surface area (Å²) >= 11 is 0. The first-order valence-corrected chi connectivity index (χ1v) is 10.3. The number of hydrogen-bond donors (Lipinski definition) is 2. The second kappa shape index (κ2) is 9.10. The van der Waals surface area contributed by atoms with Gasteiger partial charge in [-0.25, -0.2) is 17.5 Å². The van der Waals surface area contributed by atoms with E-state index in [1.54, 1.807) is 50.2 Å². The molecule has 0 aliphatic rings. The van der Waals surface area contributed by atoms with Crippen molar-refractivity contribution >= 4 is 15.9 Å². The monoisotopic (exact) mass is 392 g/mol. The first-order chi connectivity index (χ1) is 12.7. The maximum absolute atomic E-state index is 13.0. The van der Waals surface area contributed by atoms with E-state index in [2.05, 4.69) is 10.0 Å². The van der Waals surface area contributed by atoms with Crippen molar-refractivity contribution in [2.45, 2.75) is 50.6 Å². The molecule has 7 heteroatoms. The molecule has 0 aliphatic carbocycles. The van der Waals surface area contributed by atoms with Crippen molar-refractivity contribution in [2.75, 3.05) is 0 Å². The third-order valence-electron chi connectivity index (χ3n) is 4.01. The van der Waals surface area contributed by atoms with Gasteiger partial charge in [-0.1, -0.05) is 24.3 Å². The number of amides is 1. The zero-order valence-corrected chi connectivity index (χ0v) is 16.5. The van der Waals surface area contributed by atoms with Gasteiger partial charge < -0.3 is 5.32 Å². The summed E-state index contributed by atoms with van der Waals surface area (Å²) in [5, 5.41) is 2.88. The van der Waals surface area contributed by atoms with E-state index in [4.69, 9.17) is 0 Å². The Balaban J connectivity index is 1.89. The molecule has 27 heavy (non-hydrogen) atoms. The first-order valence-electron chi connectivity index (χ1n) is 8.83. The molecule has 0 bridgehead atoms. The fourth-order valence-corrected chi connectivity index (χ4v) is 3.87. The normalized spacial score (nSPS) is 12.8. The smallest absolute Gasteiger partial charge is 0.240 e. The summed E-state index contributed by atoms with van der Waals surface area (Å²) in [7, 11) is -3.51. The number of hydrogen-bond acceptors (Lipinski definition) is 3. The van der Waals surface area contributed by atoms with Crippen molar-refractivity contribution in [3.8, 4) is 0 Å². The number of halogens is 1. The van der Waals surface area contributed by atoms with Crippen molar-refractivity contribution < 1.29 is 17.6 Å². The highest BCUT2D eigenvalue weighted by Gasteiger charge is 2.15. The van der Waals surface area contributed by atoms with Crippen LogP contribution in [0.5, 0.6) is 0 Å². The molecule has 0 saturated carbocycles. The number of carbonyl (C=O) groups is 1. The zero-order valence-electron chi connectivity index (χ0n) is 15.7. The fraction of sp³-hybridized carbons (Fsp3) is 0.350. The summed E-state index contributed by atoms with van der Waals surface area (Å²) in [5.74, 6) is -0.434. The summed E-state index contributed by atoms with van der Waals surface area (Å²) in [6.45, 7) is 5.36. The highest BCUT2D eigenvalue weighted by Crippen LogP contribution is 2.15. The van der Waals surface area contributed by atoms with E-state index in [0.29, 0.717) is 6.42 Å². The van der Waals surface area contributed by atoms with Crippen LogP contribution in [0.2, 0.25) is 0 Å².